The van der Waals surface area contributed by atoms with Crippen molar-refractivity contribution in [2.24, 2.45) is 0 Å². The molecule has 4 aromatic rings. The molecule has 3 aromatic carbocycles. The third kappa shape index (κ3) is 5.21. The van der Waals surface area contributed by atoms with Crippen LogP contribution in [0.25, 0.3) is 22.6 Å². The molecule has 6 nitrogen and oxygen atoms in total. The van der Waals surface area contributed by atoms with Gasteiger partial charge in [-0.3, -0.25) is 10.1 Å². The molecule has 5 rings (SSSR count). The minimum Gasteiger partial charge on any atom is -0.457 e. The van der Waals surface area contributed by atoms with Crippen LogP contribution in [-0.2, 0) is 23.2 Å². The number of pyridine rings is 1. The molecule has 0 spiro atoms. The Morgan fingerprint density at radius 1 is 1.00 bits per heavy atom. The average Bonchev–Trinajstić information content (AvgIpc) is 2.90. The number of rotatable bonds is 5. The monoisotopic (exact) mass is 506 g/mol. The molecule has 0 aliphatic heterocycles. The fourth-order valence-electron chi connectivity index (χ4n) is 4.92. The summed E-state index contributed by atoms with van der Waals surface area (Å²) in [5.41, 5.74) is 7.38. The van der Waals surface area contributed by atoms with E-state index in [4.69, 9.17) is 9.72 Å². The van der Waals surface area contributed by atoms with Crippen molar-refractivity contribution in [3.05, 3.63) is 116 Å². The lowest BCUT2D eigenvalue weighted by atomic mass is 9.85. The van der Waals surface area contributed by atoms with Gasteiger partial charge in [0.05, 0.1) is 21.7 Å². The van der Waals surface area contributed by atoms with E-state index in [-0.39, 0.29) is 17.7 Å². The van der Waals surface area contributed by atoms with Crippen molar-refractivity contribution in [1.29, 1.82) is 0 Å². The lowest BCUT2D eigenvalue weighted by Gasteiger charge is -2.23. The van der Waals surface area contributed by atoms with Crippen LogP contribution in [0.3, 0.4) is 0 Å². The van der Waals surface area contributed by atoms with E-state index in [1.807, 2.05) is 24.3 Å². The highest BCUT2D eigenvalue weighted by Crippen LogP contribution is 2.37. The van der Waals surface area contributed by atoms with Gasteiger partial charge in [-0.15, -0.1) is 0 Å². The van der Waals surface area contributed by atoms with Crippen molar-refractivity contribution >= 4 is 34.2 Å². The molecule has 0 N–H and O–H groups in total. The summed E-state index contributed by atoms with van der Waals surface area (Å²) >= 11 is 0. The number of allylic oxidation sites excluding steroid dienone is 1. The van der Waals surface area contributed by atoms with Gasteiger partial charge in [-0.05, 0) is 76.8 Å². The smallest absolute Gasteiger partial charge is 0.339 e. The van der Waals surface area contributed by atoms with Crippen LogP contribution < -0.4 is 0 Å². The van der Waals surface area contributed by atoms with Crippen LogP contribution in [0.1, 0.15) is 71.9 Å². The van der Waals surface area contributed by atoms with Gasteiger partial charge in [0, 0.05) is 17.5 Å². The quantitative estimate of drug-likeness (QED) is 0.158. The molecule has 6 heteroatoms. The number of fused-ring (bicyclic) bond motifs is 2. The molecule has 0 bridgehead atoms. The highest BCUT2D eigenvalue weighted by Gasteiger charge is 2.26. The van der Waals surface area contributed by atoms with E-state index in [0.717, 1.165) is 52.6 Å². The first-order valence-corrected chi connectivity index (χ1v) is 12.8. The van der Waals surface area contributed by atoms with E-state index < -0.39 is 10.9 Å². The molecule has 1 heterocycles. The van der Waals surface area contributed by atoms with Gasteiger partial charge in [0.2, 0.25) is 0 Å². The van der Waals surface area contributed by atoms with Crippen LogP contribution >= 0.6 is 0 Å². The second-order valence-electron chi connectivity index (χ2n) is 10.7. The minimum atomic E-state index is -0.449. The van der Waals surface area contributed by atoms with Crippen molar-refractivity contribution in [3.63, 3.8) is 0 Å². The van der Waals surface area contributed by atoms with Crippen LogP contribution in [0, 0.1) is 10.1 Å². The molecule has 192 valence electrons. The van der Waals surface area contributed by atoms with Gasteiger partial charge in [0.15, 0.2) is 0 Å². The molecular weight excluding hydrogens is 476 g/mol. The van der Waals surface area contributed by atoms with Gasteiger partial charge >= 0.3 is 5.97 Å². The number of ether oxygens (including phenoxy) is 1. The summed E-state index contributed by atoms with van der Waals surface area (Å²) in [5, 5.41) is 11.7. The Balaban J connectivity index is 1.50. The SMILES string of the molecule is CC(C)(C)c1ccc(/C=C2/CCCc3c2nc2ccccc2c3C(=O)OCc2ccc([N+](=O)[O-])cc2)cc1. The molecule has 1 aromatic heterocycles. The molecule has 0 saturated heterocycles. The van der Waals surface area contributed by atoms with Crippen LogP contribution in [-0.4, -0.2) is 15.9 Å². The summed E-state index contributed by atoms with van der Waals surface area (Å²) in [4.78, 5) is 29.0. The predicted octanol–water partition coefficient (Wildman–Crippen LogP) is 7.67. The normalized spacial score (nSPS) is 14.3. The first kappa shape index (κ1) is 25.3. The van der Waals surface area contributed by atoms with Crippen molar-refractivity contribution in [1.82, 2.24) is 4.98 Å². The predicted molar refractivity (Wildman–Crippen MR) is 150 cm³/mol. The van der Waals surface area contributed by atoms with E-state index in [1.54, 1.807) is 12.1 Å². The van der Waals surface area contributed by atoms with Crippen molar-refractivity contribution < 1.29 is 14.5 Å². The number of carbonyl (C=O) groups excluding carboxylic acids is 1. The zero-order valence-corrected chi connectivity index (χ0v) is 21.9. The van der Waals surface area contributed by atoms with E-state index in [2.05, 4.69) is 51.1 Å². The number of non-ortho nitro benzene ring substituents is 1. The van der Waals surface area contributed by atoms with Crippen LogP contribution in [0.5, 0.6) is 0 Å². The molecule has 0 unspecified atom stereocenters. The van der Waals surface area contributed by atoms with E-state index in [1.165, 1.54) is 17.7 Å². The summed E-state index contributed by atoms with van der Waals surface area (Å²) in [7, 11) is 0. The molecule has 1 aliphatic rings. The van der Waals surface area contributed by atoms with E-state index in [9.17, 15) is 14.9 Å². The number of hydrogen-bond acceptors (Lipinski definition) is 5. The van der Waals surface area contributed by atoms with Crippen molar-refractivity contribution in [3.8, 4) is 0 Å². The maximum atomic E-state index is 13.5. The largest absolute Gasteiger partial charge is 0.457 e. The van der Waals surface area contributed by atoms with Crippen molar-refractivity contribution in [2.45, 2.75) is 52.1 Å². The van der Waals surface area contributed by atoms with Crippen LogP contribution in [0.2, 0.25) is 0 Å². The first-order chi connectivity index (χ1) is 18.2. The number of nitro groups is 1. The Morgan fingerprint density at radius 2 is 1.71 bits per heavy atom. The zero-order chi connectivity index (χ0) is 26.9. The number of carbonyl (C=O) groups is 1. The second-order valence-corrected chi connectivity index (χ2v) is 10.7. The second kappa shape index (κ2) is 10.2. The lowest BCUT2D eigenvalue weighted by molar-refractivity contribution is -0.384. The number of hydrogen-bond donors (Lipinski definition) is 0. The minimum absolute atomic E-state index is 0.00152. The standard InChI is InChI=1S/C32H30N2O4/c1-32(2,3)24-15-11-21(12-16-24)19-23-7-6-9-27-29(26-8-4-5-10-28(26)33-30(23)27)31(35)38-20-22-13-17-25(18-14-22)34(36)37/h4-5,8,10-19H,6-7,9,20H2,1-3H3/b23-19-. The average molecular weight is 507 g/mol. The van der Waals surface area contributed by atoms with Crippen molar-refractivity contribution in [2.75, 3.05) is 0 Å². The summed E-state index contributed by atoms with van der Waals surface area (Å²) < 4.78 is 5.73. The zero-order valence-electron chi connectivity index (χ0n) is 21.9. The van der Waals surface area contributed by atoms with Gasteiger partial charge in [0.25, 0.3) is 5.69 Å². The van der Waals surface area contributed by atoms with Gasteiger partial charge < -0.3 is 4.74 Å². The van der Waals surface area contributed by atoms with Crippen LogP contribution in [0.15, 0.2) is 72.8 Å². The summed E-state index contributed by atoms with van der Waals surface area (Å²) in [5.74, 6) is -0.408. The number of esters is 1. The first-order valence-electron chi connectivity index (χ1n) is 12.8. The highest BCUT2D eigenvalue weighted by molar-refractivity contribution is 6.06. The molecule has 0 radical (unpaired) electrons. The molecular formula is C32H30N2O4. The van der Waals surface area contributed by atoms with Gasteiger partial charge in [-0.1, -0.05) is 63.2 Å². The molecule has 1 aliphatic carbocycles. The number of benzene rings is 3. The maximum absolute atomic E-state index is 13.5. The summed E-state index contributed by atoms with van der Waals surface area (Å²) in [6.45, 7) is 6.64. The van der Waals surface area contributed by atoms with Crippen LogP contribution in [0.4, 0.5) is 5.69 Å². The van der Waals surface area contributed by atoms with E-state index in [0.29, 0.717) is 11.1 Å². The highest BCUT2D eigenvalue weighted by atomic mass is 16.6. The van der Waals surface area contributed by atoms with Gasteiger partial charge in [-0.25, -0.2) is 9.78 Å². The molecule has 0 atom stereocenters. The summed E-state index contributed by atoms with van der Waals surface area (Å²) in [6.07, 6.45) is 4.73. The summed E-state index contributed by atoms with van der Waals surface area (Å²) in [6, 6.07) is 22.3. The molecule has 0 amide bonds. The lowest BCUT2D eigenvalue weighted by Crippen LogP contribution is -2.15. The maximum Gasteiger partial charge on any atom is 0.339 e. The van der Waals surface area contributed by atoms with Gasteiger partial charge in [0.1, 0.15) is 6.61 Å². The third-order valence-electron chi connectivity index (χ3n) is 7.01. The Kier molecular flexibility index (Phi) is 6.81. The number of para-hydroxylation sites is 1. The van der Waals surface area contributed by atoms with E-state index >= 15 is 0 Å². The Labute approximate surface area is 222 Å². The van der Waals surface area contributed by atoms with Gasteiger partial charge in [-0.2, -0.15) is 0 Å². The Bertz CT molecular complexity index is 1550. The molecule has 38 heavy (non-hydrogen) atoms. The fraction of sp³-hybridized carbons (Fsp3) is 0.250. The third-order valence-corrected chi connectivity index (χ3v) is 7.01. The molecule has 0 fully saturated rings. The number of nitrogens with zero attached hydrogens (tertiary/aromatic N) is 2. The Morgan fingerprint density at radius 3 is 2.39 bits per heavy atom. The number of aromatic nitrogens is 1. The molecule has 0 saturated carbocycles. The Hall–Kier alpha value is -4.32. The topological polar surface area (TPSA) is 82.3 Å². The fourth-order valence-corrected chi connectivity index (χ4v) is 4.92. The number of nitro benzene ring substituents is 1.